The number of rotatable bonds is 1. The number of anilines is 1. The van der Waals surface area contributed by atoms with Crippen LogP contribution in [0.5, 0.6) is 0 Å². The van der Waals surface area contributed by atoms with Crippen molar-refractivity contribution >= 4 is 33.3 Å². The summed E-state index contributed by atoms with van der Waals surface area (Å²) in [5.74, 6) is 0.518. The molecule has 0 aliphatic rings. The zero-order chi connectivity index (χ0) is 11.0. The number of nitrogens with two attached hydrogens (primary N) is 1. The average molecular weight is 287 g/mol. The van der Waals surface area contributed by atoms with Crippen LogP contribution in [-0.4, -0.2) is 10.2 Å². The number of nitrogens with zero attached hydrogens (tertiary/aromatic N) is 1. The number of nitrogens with one attached hydrogen (secondary N) is 1. The molecule has 15 heavy (non-hydrogen) atoms. The number of H-pyrrole nitrogens is 1. The number of hydrogen-bond acceptors (Lipinski definition) is 2. The van der Waals surface area contributed by atoms with E-state index in [9.17, 15) is 0 Å². The Kier molecular flexibility index (Phi) is 2.71. The van der Waals surface area contributed by atoms with Crippen LogP contribution in [-0.2, 0) is 0 Å². The number of aromatic amines is 1. The van der Waals surface area contributed by atoms with Crippen LogP contribution in [0.1, 0.15) is 5.56 Å². The molecule has 1 aromatic heterocycles. The molecule has 0 fully saturated rings. The topological polar surface area (TPSA) is 54.7 Å². The van der Waals surface area contributed by atoms with Crippen LogP contribution in [0, 0.1) is 6.92 Å². The van der Waals surface area contributed by atoms with Gasteiger partial charge in [0.15, 0.2) is 0 Å². The van der Waals surface area contributed by atoms with Crippen molar-refractivity contribution in [3.63, 3.8) is 0 Å². The second-order valence-corrected chi connectivity index (χ2v) is 4.50. The predicted molar refractivity (Wildman–Crippen MR) is 65.9 cm³/mol. The van der Waals surface area contributed by atoms with Crippen molar-refractivity contribution in [2.24, 2.45) is 0 Å². The number of halogens is 2. The maximum Gasteiger partial charge on any atom is 0.148 e. The Morgan fingerprint density at radius 2 is 2.20 bits per heavy atom. The summed E-state index contributed by atoms with van der Waals surface area (Å²) in [5.41, 5.74) is 8.48. The van der Waals surface area contributed by atoms with Gasteiger partial charge in [-0.3, -0.25) is 5.10 Å². The van der Waals surface area contributed by atoms with Crippen LogP contribution >= 0.6 is 27.5 Å². The van der Waals surface area contributed by atoms with E-state index < -0.39 is 0 Å². The third-order valence-electron chi connectivity index (χ3n) is 2.26. The minimum atomic E-state index is 0.518. The molecule has 5 heteroatoms. The highest BCUT2D eigenvalue weighted by atomic mass is 79.9. The van der Waals surface area contributed by atoms with Gasteiger partial charge in [-0.15, -0.1) is 0 Å². The minimum Gasteiger partial charge on any atom is -0.382 e. The van der Waals surface area contributed by atoms with Crippen LogP contribution in [0.3, 0.4) is 0 Å². The van der Waals surface area contributed by atoms with Gasteiger partial charge in [0, 0.05) is 15.6 Å². The molecule has 2 rings (SSSR count). The lowest BCUT2D eigenvalue weighted by molar-refractivity contribution is 1.10. The minimum absolute atomic E-state index is 0.518. The molecule has 3 nitrogen and oxygen atoms in total. The molecular formula is C10H9BrClN3. The van der Waals surface area contributed by atoms with Crippen molar-refractivity contribution in [1.82, 2.24) is 10.2 Å². The summed E-state index contributed by atoms with van der Waals surface area (Å²) in [6.45, 7) is 1.92. The maximum atomic E-state index is 6.01. The quantitative estimate of drug-likeness (QED) is 0.844. The fraction of sp³-hybridized carbons (Fsp3) is 0.100. The lowest BCUT2D eigenvalue weighted by Gasteiger charge is -2.02. The van der Waals surface area contributed by atoms with Crippen molar-refractivity contribution in [2.45, 2.75) is 6.92 Å². The third-order valence-corrected chi connectivity index (χ3v) is 3.49. The monoisotopic (exact) mass is 285 g/mol. The molecule has 0 atom stereocenters. The second-order valence-electron chi connectivity index (χ2n) is 3.24. The Hall–Kier alpha value is -1.000. The maximum absolute atomic E-state index is 6.01. The second kappa shape index (κ2) is 3.87. The largest absolute Gasteiger partial charge is 0.382 e. The van der Waals surface area contributed by atoms with Crippen LogP contribution in [0.15, 0.2) is 22.7 Å². The van der Waals surface area contributed by atoms with Crippen LogP contribution < -0.4 is 5.73 Å². The van der Waals surface area contributed by atoms with Gasteiger partial charge in [-0.05, 0) is 35.0 Å². The van der Waals surface area contributed by atoms with E-state index in [0.29, 0.717) is 10.8 Å². The van der Waals surface area contributed by atoms with Crippen LogP contribution in [0.4, 0.5) is 5.82 Å². The Labute approximate surface area is 101 Å². The van der Waals surface area contributed by atoms with Gasteiger partial charge in [-0.1, -0.05) is 17.7 Å². The lowest BCUT2D eigenvalue weighted by Crippen LogP contribution is -1.86. The van der Waals surface area contributed by atoms with E-state index in [2.05, 4.69) is 26.1 Å². The predicted octanol–water partition coefficient (Wildman–Crippen LogP) is 3.38. The summed E-state index contributed by atoms with van der Waals surface area (Å²) in [5, 5.41) is 7.50. The molecule has 0 spiro atoms. The fourth-order valence-corrected chi connectivity index (χ4v) is 1.77. The average Bonchev–Trinajstić information content (AvgIpc) is 2.53. The summed E-state index contributed by atoms with van der Waals surface area (Å²) >= 11 is 9.35. The van der Waals surface area contributed by atoms with Crippen molar-refractivity contribution in [2.75, 3.05) is 5.73 Å². The molecule has 0 radical (unpaired) electrons. The first-order valence-electron chi connectivity index (χ1n) is 4.35. The number of aromatic nitrogens is 2. The molecular weight excluding hydrogens is 277 g/mol. The molecule has 78 valence electrons. The Balaban J connectivity index is 2.55. The molecule has 0 bridgehead atoms. The number of hydrogen-bond donors (Lipinski definition) is 2. The zero-order valence-corrected chi connectivity index (χ0v) is 10.4. The number of benzene rings is 1. The van der Waals surface area contributed by atoms with Crippen LogP contribution in [0.25, 0.3) is 11.3 Å². The van der Waals surface area contributed by atoms with Gasteiger partial charge in [0.05, 0.1) is 10.7 Å². The van der Waals surface area contributed by atoms with E-state index in [1.165, 1.54) is 0 Å². The Morgan fingerprint density at radius 3 is 2.73 bits per heavy atom. The molecule has 1 heterocycles. The van der Waals surface area contributed by atoms with Crippen molar-refractivity contribution in [3.8, 4) is 11.3 Å². The van der Waals surface area contributed by atoms with Gasteiger partial charge < -0.3 is 5.73 Å². The summed E-state index contributed by atoms with van der Waals surface area (Å²) in [7, 11) is 0. The molecule has 1 aromatic carbocycles. The highest BCUT2D eigenvalue weighted by Gasteiger charge is 2.09. The number of nitrogen functional groups attached to an aromatic ring is 1. The lowest BCUT2D eigenvalue weighted by atomic mass is 10.1. The fourth-order valence-electron chi connectivity index (χ4n) is 1.34. The molecule has 2 aromatic rings. The molecule has 0 amide bonds. The zero-order valence-electron chi connectivity index (χ0n) is 8.01. The first kappa shape index (κ1) is 10.5. The standard InChI is InChI=1S/C10H9BrClN3/c1-5-9(14-15-10(5)13)6-2-3-7(11)8(12)4-6/h2-4H,1H3,(H3,13,14,15). The Morgan fingerprint density at radius 1 is 1.47 bits per heavy atom. The van der Waals surface area contributed by atoms with Gasteiger partial charge in [-0.2, -0.15) is 5.10 Å². The van der Waals surface area contributed by atoms with Gasteiger partial charge in [0.25, 0.3) is 0 Å². The summed E-state index contributed by atoms with van der Waals surface area (Å²) in [4.78, 5) is 0. The highest BCUT2D eigenvalue weighted by Crippen LogP contribution is 2.30. The van der Waals surface area contributed by atoms with Crippen LogP contribution in [0.2, 0.25) is 5.02 Å². The molecule has 0 aliphatic heterocycles. The molecule has 0 aliphatic carbocycles. The summed E-state index contributed by atoms with van der Waals surface area (Å²) in [6, 6.07) is 5.72. The SMILES string of the molecule is Cc1c(N)n[nH]c1-c1ccc(Br)c(Cl)c1. The van der Waals surface area contributed by atoms with Crippen molar-refractivity contribution in [3.05, 3.63) is 33.3 Å². The van der Waals surface area contributed by atoms with Crippen molar-refractivity contribution < 1.29 is 0 Å². The summed E-state index contributed by atoms with van der Waals surface area (Å²) in [6.07, 6.45) is 0. The highest BCUT2D eigenvalue weighted by molar-refractivity contribution is 9.10. The van der Waals surface area contributed by atoms with Gasteiger partial charge >= 0.3 is 0 Å². The first-order chi connectivity index (χ1) is 7.09. The van der Waals surface area contributed by atoms with E-state index >= 15 is 0 Å². The molecule has 0 saturated carbocycles. The van der Waals surface area contributed by atoms with Crippen molar-refractivity contribution in [1.29, 1.82) is 0 Å². The Bertz CT molecular complexity index is 507. The van der Waals surface area contributed by atoms with Gasteiger partial charge in [0.1, 0.15) is 5.82 Å². The molecule has 0 saturated heterocycles. The smallest absolute Gasteiger partial charge is 0.148 e. The normalized spacial score (nSPS) is 10.6. The van der Waals surface area contributed by atoms with Gasteiger partial charge in [-0.25, -0.2) is 0 Å². The first-order valence-corrected chi connectivity index (χ1v) is 5.52. The van der Waals surface area contributed by atoms with E-state index in [1.807, 2.05) is 25.1 Å². The van der Waals surface area contributed by atoms with E-state index in [-0.39, 0.29) is 0 Å². The summed E-state index contributed by atoms with van der Waals surface area (Å²) < 4.78 is 0.873. The van der Waals surface area contributed by atoms with E-state index in [4.69, 9.17) is 17.3 Å². The van der Waals surface area contributed by atoms with Gasteiger partial charge in [0.2, 0.25) is 0 Å². The third kappa shape index (κ3) is 1.87. The molecule has 3 N–H and O–H groups in total. The van der Waals surface area contributed by atoms with E-state index in [1.54, 1.807) is 0 Å². The molecule has 0 unspecified atom stereocenters. The van der Waals surface area contributed by atoms with E-state index in [0.717, 1.165) is 21.3 Å².